The zero-order chi connectivity index (χ0) is 16.6. The monoisotopic (exact) mass is 484 g/mol. The number of halogens is 2. The zero-order valence-electron chi connectivity index (χ0n) is 11.6. The van der Waals surface area contributed by atoms with Gasteiger partial charge in [-0.25, -0.2) is 9.69 Å². The minimum atomic E-state index is -0.486. The van der Waals surface area contributed by atoms with Crippen molar-refractivity contribution in [3.63, 3.8) is 0 Å². The van der Waals surface area contributed by atoms with Gasteiger partial charge in [0.05, 0.1) is 13.7 Å². The molecule has 0 saturated carbocycles. The average molecular weight is 485 g/mol. The van der Waals surface area contributed by atoms with E-state index in [1.807, 2.05) is 28.7 Å². The van der Waals surface area contributed by atoms with Crippen molar-refractivity contribution in [3.8, 4) is 5.75 Å². The average Bonchev–Trinajstić information content (AvgIpc) is 2.80. The zero-order valence-corrected chi connectivity index (χ0v) is 15.3. The molecule has 0 aliphatic carbocycles. The molecule has 116 valence electrons. The molecule has 1 heterocycles. The number of hydrogen-bond acceptors (Lipinski definition) is 3. The number of aromatic hydroxyl groups is 1. The van der Waals surface area contributed by atoms with Crippen LogP contribution in [0.1, 0.15) is 5.56 Å². The highest BCUT2D eigenvalue weighted by atomic mass is 127. The highest BCUT2D eigenvalue weighted by Crippen LogP contribution is 2.31. The predicted molar refractivity (Wildman–Crippen MR) is 99.0 cm³/mol. The number of benzene rings is 2. The van der Waals surface area contributed by atoms with Gasteiger partial charge in [0.25, 0.3) is 5.91 Å². The van der Waals surface area contributed by atoms with Gasteiger partial charge < -0.3 is 10.4 Å². The molecule has 0 radical (unpaired) electrons. The van der Waals surface area contributed by atoms with E-state index in [4.69, 9.17) is 0 Å². The fourth-order valence-electron chi connectivity index (χ4n) is 2.18. The quantitative estimate of drug-likeness (QED) is 0.386. The number of nitrogens with zero attached hydrogens (tertiary/aromatic N) is 1. The van der Waals surface area contributed by atoms with Crippen molar-refractivity contribution in [2.45, 2.75) is 0 Å². The number of anilines is 1. The van der Waals surface area contributed by atoms with Crippen LogP contribution in [0, 0.1) is 3.57 Å². The van der Waals surface area contributed by atoms with Gasteiger partial charge in [-0.2, -0.15) is 0 Å². The smallest absolute Gasteiger partial charge is 0.333 e. The second-order valence-corrected chi connectivity index (χ2v) is 6.81. The number of nitrogens with one attached hydrogen (secondary N) is 1. The fraction of sp³-hybridized carbons (Fsp3) is 0. The summed E-state index contributed by atoms with van der Waals surface area (Å²) in [4.78, 5) is 25.6. The lowest BCUT2D eigenvalue weighted by atomic mass is 10.2. The third-order valence-electron chi connectivity index (χ3n) is 3.24. The first-order chi connectivity index (χ1) is 11.0. The standard InChI is InChI=1S/C16H10BrIN2O3/c17-11-6-9(7-12(18)14(11)21)8-13-15(22)20(16(23)19-13)10-4-2-1-3-5-10/h1-8,21H,(H,19,23)/b13-8+. The summed E-state index contributed by atoms with van der Waals surface area (Å²) in [5.41, 5.74) is 1.39. The van der Waals surface area contributed by atoms with E-state index in [1.165, 1.54) is 0 Å². The largest absolute Gasteiger partial charge is 0.506 e. The highest BCUT2D eigenvalue weighted by molar-refractivity contribution is 14.1. The van der Waals surface area contributed by atoms with Crippen LogP contribution in [-0.4, -0.2) is 17.0 Å². The van der Waals surface area contributed by atoms with Crippen molar-refractivity contribution in [3.05, 3.63) is 61.8 Å². The van der Waals surface area contributed by atoms with Crippen molar-refractivity contribution >= 4 is 62.2 Å². The lowest BCUT2D eigenvalue weighted by Gasteiger charge is -2.10. The van der Waals surface area contributed by atoms with E-state index in [9.17, 15) is 14.7 Å². The van der Waals surface area contributed by atoms with Gasteiger partial charge in [0.1, 0.15) is 11.4 Å². The maximum atomic E-state index is 12.5. The fourth-order valence-corrected chi connectivity index (χ4v) is 3.68. The number of phenolic OH excluding ortho intramolecular Hbond substituents is 1. The lowest BCUT2D eigenvalue weighted by molar-refractivity contribution is -0.113. The molecule has 1 aliphatic rings. The van der Waals surface area contributed by atoms with Crippen LogP contribution in [0.25, 0.3) is 6.08 Å². The van der Waals surface area contributed by atoms with E-state index in [2.05, 4.69) is 21.2 Å². The molecule has 0 bridgehead atoms. The van der Waals surface area contributed by atoms with Gasteiger partial charge in [0, 0.05) is 0 Å². The van der Waals surface area contributed by atoms with Gasteiger partial charge in [-0.1, -0.05) is 18.2 Å². The number of phenols is 1. The van der Waals surface area contributed by atoms with Crippen LogP contribution in [0.15, 0.2) is 52.6 Å². The summed E-state index contributed by atoms with van der Waals surface area (Å²) >= 11 is 5.25. The molecule has 7 heteroatoms. The van der Waals surface area contributed by atoms with E-state index < -0.39 is 11.9 Å². The Bertz CT molecular complexity index is 813. The third kappa shape index (κ3) is 3.11. The first-order valence-corrected chi connectivity index (χ1v) is 8.45. The van der Waals surface area contributed by atoms with Crippen LogP contribution in [0.2, 0.25) is 0 Å². The van der Waals surface area contributed by atoms with E-state index in [0.717, 1.165) is 4.90 Å². The molecule has 3 amide bonds. The first-order valence-electron chi connectivity index (χ1n) is 6.57. The van der Waals surface area contributed by atoms with Gasteiger partial charge >= 0.3 is 6.03 Å². The van der Waals surface area contributed by atoms with Crippen LogP contribution in [0.5, 0.6) is 5.75 Å². The summed E-state index contributed by atoms with van der Waals surface area (Å²) in [7, 11) is 0. The van der Waals surface area contributed by atoms with Crippen LogP contribution in [0.3, 0.4) is 0 Å². The highest BCUT2D eigenvalue weighted by Gasteiger charge is 2.34. The number of imide groups is 1. The molecule has 0 atom stereocenters. The molecule has 2 aromatic carbocycles. The summed E-state index contributed by atoms with van der Waals surface area (Å²) in [5.74, 6) is -0.277. The molecule has 1 saturated heterocycles. The molecule has 2 N–H and O–H groups in total. The maximum absolute atomic E-state index is 12.5. The molecular weight excluding hydrogens is 475 g/mol. The van der Waals surface area contributed by atoms with E-state index in [-0.39, 0.29) is 11.4 Å². The molecule has 0 spiro atoms. The Morgan fingerprint density at radius 2 is 1.87 bits per heavy atom. The molecule has 23 heavy (non-hydrogen) atoms. The van der Waals surface area contributed by atoms with Gasteiger partial charge in [-0.3, -0.25) is 4.79 Å². The summed E-state index contributed by atoms with van der Waals surface area (Å²) in [6.45, 7) is 0. The Balaban J connectivity index is 1.96. The number of hydrogen-bond donors (Lipinski definition) is 2. The second kappa shape index (κ2) is 6.32. The second-order valence-electron chi connectivity index (χ2n) is 4.80. The van der Waals surface area contributed by atoms with Crippen LogP contribution in [-0.2, 0) is 4.79 Å². The van der Waals surface area contributed by atoms with Crippen LogP contribution in [0.4, 0.5) is 10.5 Å². The molecular formula is C16H10BrIN2O3. The molecule has 0 unspecified atom stereocenters. The molecule has 0 aromatic heterocycles. The van der Waals surface area contributed by atoms with Gasteiger partial charge in [0.2, 0.25) is 0 Å². The maximum Gasteiger partial charge on any atom is 0.333 e. The number of rotatable bonds is 2. The SMILES string of the molecule is O=C1N/C(=C/c2cc(Br)c(O)c(I)c2)C(=O)N1c1ccccc1. The number of urea groups is 1. The van der Waals surface area contributed by atoms with Crippen molar-refractivity contribution < 1.29 is 14.7 Å². The number of amides is 3. The Morgan fingerprint density at radius 1 is 1.17 bits per heavy atom. The number of para-hydroxylation sites is 1. The van der Waals surface area contributed by atoms with E-state index in [0.29, 0.717) is 19.3 Å². The number of carbonyl (C=O) groups is 2. The molecule has 3 rings (SSSR count). The topological polar surface area (TPSA) is 69.6 Å². The number of carbonyl (C=O) groups excluding carboxylic acids is 2. The molecule has 1 fully saturated rings. The van der Waals surface area contributed by atoms with Crippen LogP contribution >= 0.6 is 38.5 Å². The minimum absolute atomic E-state index is 0.139. The summed E-state index contributed by atoms with van der Waals surface area (Å²) in [5, 5.41) is 12.3. The Labute approximate surface area is 154 Å². The summed E-state index contributed by atoms with van der Waals surface area (Å²) in [6, 6.07) is 11.6. The molecule has 2 aromatic rings. The van der Waals surface area contributed by atoms with E-state index >= 15 is 0 Å². The summed E-state index contributed by atoms with van der Waals surface area (Å²) < 4.78 is 1.16. The van der Waals surface area contributed by atoms with Gasteiger partial charge in [-0.05, 0) is 74.4 Å². The molecule has 1 aliphatic heterocycles. The minimum Gasteiger partial charge on any atom is -0.506 e. The predicted octanol–water partition coefficient (Wildman–Crippen LogP) is 3.86. The van der Waals surface area contributed by atoms with Crippen molar-refractivity contribution in [2.75, 3.05) is 4.90 Å². The van der Waals surface area contributed by atoms with Crippen molar-refractivity contribution in [2.24, 2.45) is 0 Å². The lowest BCUT2D eigenvalue weighted by Crippen LogP contribution is -2.30. The van der Waals surface area contributed by atoms with E-state index in [1.54, 1.807) is 42.5 Å². The third-order valence-corrected chi connectivity index (χ3v) is 4.67. The van der Waals surface area contributed by atoms with Gasteiger partial charge in [-0.15, -0.1) is 0 Å². The van der Waals surface area contributed by atoms with Crippen LogP contribution < -0.4 is 10.2 Å². The van der Waals surface area contributed by atoms with Gasteiger partial charge in [0.15, 0.2) is 0 Å². The van der Waals surface area contributed by atoms with Crippen molar-refractivity contribution in [1.29, 1.82) is 0 Å². The first kappa shape index (κ1) is 16.0. The Morgan fingerprint density at radius 3 is 2.52 bits per heavy atom. The van der Waals surface area contributed by atoms with Crippen molar-refractivity contribution in [1.82, 2.24) is 5.32 Å². The summed E-state index contributed by atoms with van der Waals surface area (Å²) in [6.07, 6.45) is 1.58. The normalized spacial score (nSPS) is 16.1. The Hall–Kier alpha value is -1.87. The molecule has 5 nitrogen and oxygen atoms in total. The Kier molecular flexibility index (Phi) is 4.40.